The van der Waals surface area contributed by atoms with Crippen molar-refractivity contribution in [2.75, 3.05) is 0 Å². The number of fused-ring (bicyclic) bond motifs is 24. The number of para-hydroxylation sites is 4. The summed E-state index contributed by atoms with van der Waals surface area (Å²) < 4.78 is 5.03. The molecule has 0 aliphatic heterocycles. The minimum absolute atomic E-state index is 0.540. The second-order valence-corrected chi connectivity index (χ2v) is 21.7. The molecule has 352 valence electrons. The Balaban J connectivity index is 0.996. The number of nitrogens with zero attached hydrogens (tertiary/aromatic N) is 2. The van der Waals surface area contributed by atoms with Gasteiger partial charge in [0.15, 0.2) is 0 Å². The highest BCUT2D eigenvalue weighted by molar-refractivity contribution is 6.31. The molecular formula is C75H42N2. The molecule has 2 aliphatic carbocycles. The average molecular weight is 971 g/mol. The minimum Gasteiger partial charge on any atom is -0.308 e. The quantitative estimate of drug-likeness (QED) is 0.156. The Kier molecular flexibility index (Phi) is 7.46. The fraction of sp³-hybridized carbons (Fsp3) is 0.0133. The van der Waals surface area contributed by atoms with Crippen molar-refractivity contribution >= 4 is 97.7 Å². The van der Waals surface area contributed by atoms with Crippen molar-refractivity contribution in [1.82, 2.24) is 8.80 Å². The van der Waals surface area contributed by atoms with E-state index in [1.165, 1.54) is 176 Å². The monoisotopic (exact) mass is 970 g/mol. The van der Waals surface area contributed by atoms with Crippen LogP contribution in [-0.2, 0) is 5.41 Å². The molecule has 0 saturated carbocycles. The summed E-state index contributed by atoms with van der Waals surface area (Å²) in [7, 11) is 0. The van der Waals surface area contributed by atoms with E-state index >= 15 is 0 Å². The Morgan fingerprint density at radius 2 is 0.571 bits per heavy atom. The lowest BCUT2D eigenvalue weighted by Gasteiger charge is -2.32. The van der Waals surface area contributed by atoms with Crippen molar-refractivity contribution in [2.24, 2.45) is 0 Å². The predicted octanol–water partition coefficient (Wildman–Crippen LogP) is 19.6. The molecule has 13 aromatic carbocycles. The predicted molar refractivity (Wildman–Crippen MR) is 323 cm³/mol. The van der Waals surface area contributed by atoms with Crippen LogP contribution in [-0.4, -0.2) is 8.80 Å². The fourth-order valence-corrected chi connectivity index (χ4v) is 15.7. The minimum atomic E-state index is -0.540. The van der Waals surface area contributed by atoms with Crippen LogP contribution in [0.25, 0.3) is 153 Å². The summed E-state index contributed by atoms with van der Waals surface area (Å²) >= 11 is 0. The van der Waals surface area contributed by atoms with E-state index in [0.717, 1.165) is 0 Å². The zero-order valence-corrected chi connectivity index (χ0v) is 41.6. The summed E-state index contributed by atoms with van der Waals surface area (Å²) in [6.45, 7) is 0. The maximum absolute atomic E-state index is 2.56. The molecule has 2 aliphatic rings. The maximum atomic E-state index is 2.56. The van der Waals surface area contributed by atoms with Gasteiger partial charge in [-0.25, -0.2) is 0 Å². The number of hydrogen-bond acceptors (Lipinski definition) is 0. The van der Waals surface area contributed by atoms with Gasteiger partial charge in [0, 0.05) is 43.1 Å². The van der Waals surface area contributed by atoms with Gasteiger partial charge in [-0.2, -0.15) is 0 Å². The summed E-state index contributed by atoms with van der Waals surface area (Å²) in [4.78, 5) is 0. The smallest absolute Gasteiger partial charge is 0.0731 e. The van der Waals surface area contributed by atoms with Crippen LogP contribution in [0.4, 0.5) is 0 Å². The van der Waals surface area contributed by atoms with Gasteiger partial charge in [0.2, 0.25) is 0 Å². The topological polar surface area (TPSA) is 8.82 Å². The third kappa shape index (κ3) is 4.73. The summed E-state index contributed by atoms with van der Waals surface area (Å²) in [6, 6.07) is 97.1. The van der Waals surface area contributed by atoms with Gasteiger partial charge in [-0.05, 0) is 130 Å². The molecule has 4 aromatic heterocycles. The van der Waals surface area contributed by atoms with E-state index in [-0.39, 0.29) is 0 Å². The van der Waals surface area contributed by atoms with Crippen molar-refractivity contribution in [2.45, 2.75) is 5.41 Å². The van der Waals surface area contributed by atoms with Gasteiger partial charge >= 0.3 is 0 Å². The summed E-state index contributed by atoms with van der Waals surface area (Å²) in [5.41, 5.74) is 25.1. The molecule has 0 fully saturated rings. The standard InChI is InChI=1S/C75H42N2/c1-8-31-62-45(18-1)46-19-2-9-32-63(46)75(62)64-33-10-3-20-47(64)54-29-17-30-59(72(54)75)69-50-27-15-25-43(52-38-40-55-48-21-4-11-34-65(48)76-67-36-13-6-23-57(67)70(52)73(55)76)60(50)42-61-44(26-16-28-51(61)69)53-39-41-56-49-22-5-12-35-66(49)77-68-37-14-7-24-58(68)71(53)74(56)77/h1-42H. The molecule has 77 heavy (non-hydrogen) atoms. The second-order valence-electron chi connectivity index (χ2n) is 21.7. The van der Waals surface area contributed by atoms with E-state index in [2.05, 4.69) is 264 Å². The Morgan fingerprint density at radius 3 is 1.06 bits per heavy atom. The van der Waals surface area contributed by atoms with Crippen molar-refractivity contribution < 1.29 is 0 Å². The third-order valence-corrected chi connectivity index (χ3v) is 18.4. The maximum Gasteiger partial charge on any atom is 0.0731 e. The van der Waals surface area contributed by atoms with Crippen molar-refractivity contribution in [3.63, 3.8) is 0 Å². The molecule has 0 amide bonds. The van der Waals surface area contributed by atoms with Crippen LogP contribution in [0.3, 0.4) is 0 Å². The van der Waals surface area contributed by atoms with E-state index in [4.69, 9.17) is 0 Å². The van der Waals surface area contributed by atoms with Gasteiger partial charge in [0.25, 0.3) is 0 Å². The van der Waals surface area contributed by atoms with Crippen LogP contribution in [0.5, 0.6) is 0 Å². The van der Waals surface area contributed by atoms with Crippen molar-refractivity contribution in [1.29, 1.82) is 0 Å². The lowest BCUT2D eigenvalue weighted by Crippen LogP contribution is -2.26. The Bertz CT molecular complexity index is 5170. The number of aromatic nitrogens is 2. The fourth-order valence-electron chi connectivity index (χ4n) is 15.7. The highest BCUT2D eigenvalue weighted by Crippen LogP contribution is 2.65. The first kappa shape index (κ1) is 40.4. The molecular weight excluding hydrogens is 929 g/mol. The van der Waals surface area contributed by atoms with Crippen LogP contribution in [0.2, 0.25) is 0 Å². The summed E-state index contributed by atoms with van der Waals surface area (Å²) in [6.07, 6.45) is 0. The van der Waals surface area contributed by atoms with Crippen LogP contribution < -0.4 is 0 Å². The number of benzene rings is 13. The first-order chi connectivity index (χ1) is 38.3. The van der Waals surface area contributed by atoms with Gasteiger partial charge in [-0.1, -0.05) is 224 Å². The highest BCUT2D eigenvalue weighted by Gasteiger charge is 2.52. The molecule has 0 unspecified atom stereocenters. The molecule has 0 radical (unpaired) electrons. The molecule has 19 rings (SSSR count). The molecule has 4 heterocycles. The number of hydrogen-bond donors (Lipinski definition) is 0. The molecule has 1 spiro atoms. The van der Waals surface area contributed by atoms with Crippen molar-refractivity contribution in [3.8, 4) is 55.6 Å². The van der Waals surface area contributed by atoms with Gasteiger partial charge < -0.3 is 8.80 Å². The Hall–Kier alpha value is -10.0. The van der Waals surface area contributed by atoms with E-state index in [0.29, 0.717) is 0 Å². The normalized spacial score (nSPS) is 13.6. The SMILES string of the molecule is c1ccc2c(c1)-c1ccccc1C21c2ccccc2-c2cccc(-c3c4cccc(-c5ccc6c7ccccc7n7c8ccccc8c5c67)c4cc4c(-c5ccc6c7ccccc7n7c8ccccc8c5c67)cccc34)c21. The van der Waals surface area contributed by atoms with Gasteiger partial charge in [0.05, 0.1) is 38.5 Å². The summed E-state index contributed by atoms with van der Waals surface area (Å²) in [5, 5.41) is 15.3. The largest absolute Gasteiger partial charge is 0.308 e. The van der Waals surface area contributed by atoms with Gasteiger partial charge in [0.1, 0.15) is 0 Å². The second kappa shape index (κ2) is 14.2. The van der Waals surface area contributed by atoms with Crippen LogP contribution in [0.15, 0.2) is 255 Å². The zero-order chi connectivity index (χ0) is 49.8. The molecule has 0 bridgehead atoms. The first-order valence-corrected chi connectivity index (χ1v) is 27.0. The van der Waals surface area contributed by atoms with Crippen LogP contribution in [0.1, 0.15) is 22.3 Å². The van der Waals surface area contributed by atoms with Crippen molar-refractivity contribution in [3.05, 3.63) is 277 Å². The molecule has 2 heteroatoms. The van der Waals surface area contributed by atoms with Gasteiger partial charge in [-0.15, -0.1) is 0 Å². The molecule has 17 aromatic rings. The zero-order valence-electron chi connectivity index (χ0n) is 41.6. The Morgan fingerprint density at radius 1 is 0.221 bits per heavy atom. The Labute approximate surface area is 442 Å². The first-order valence-electron chi connectivity index (χ1n) is 27.0. The summed E-state index contributed by atoms with van der Waals surface area (Å²) in [5.74, 6) is 0. The molecule has 0 N–H and O–H groups in total. The van der Waals surface area contributed by atoms with E-state index < -0.39 is 5.41 Å². The molecule has 0 atom stereocenters. The lowest BCUT2D eigenvalue weighted by atomic mass is 9.68. The molecule has 2 nitrogen and oxygen atoms in total. The third-order valence-electron chi connectivity index (χ3n) is 18.4. The number of rotatable bonds is 3. The van der Waals surface area contributed by atoms with E-state index in [9.17, 15) is 0 Å². The average Bonchev–Trinajstić information content (AvgIpc) is 4.12. The lowest BCUT2D eigenvalue weighted by molar-refractivity contribution is 0.796. The van der Waals surface area contributed by atoms with Crippen LogP contribution >= 0.6 is 0 Å². The van der Waals surface area contributed by atoms with Crippen LogP contribution in [0, 0.1) is 0 Å². The van der Waals surface area contributed by atoms with E-state index in [1.54, 1.807) is 0 Å². The van der Waals surface area contributed by atoms with Gasteiger partial charge in [-0.3, -0.25) is 0 Å². The van der Waals surface area contributed by atoms with E-state index in [1.807, 2.05) is 0 Å². The molecule has 0 saturated heterocycles. The highest BCUT2D eigenvalue weighted by atomic mass is 14.9.